The van der Waals surface area contributed by atoms with Crippen LogP contribution in [0.4, 0.5) is 0 Å². The third-order valence-electron chi connectivity index (χ3n) is 3.77. The minimum absolute atomic E-state index is 0.00251. The molecule has 1 amide bonds. The first-order valence-corrected chi connectivity index (χ1v) is 9.73. The van der Waals surface area contributed by atoms with Crippen molar-refractivity contribution in [2.45, 2.75) is 32.0 Å². The zero-order chi connectivity index (χ0) is 17.8. The van der Waals surface area contributed by atoms with E-state index < -0.39 is 0 Å². The summed E-state index contributed by atoms with van der Waals surface area (Å²) in [6, 6.07) is 10.1. The number of amides is 1. The summed E-state index contributed by atoms with van der Waals surface area (Å²) >= 11 is 2.97. The number of benzene rings is 1. The molecule has 25 heavy (non-hydrogen) atoms. The number of rotatable bonds is 6. The van der Waals surface area contributed by atoms with Crippen LogP contribution in [0.5, 0.6) is 0 Å². The quantitative estimate of drug-likeness (QED) is 0.671. The summed E-state index contributed by atoms with van der Waals surface area (Å²) in [5.41, 5.74) is 3.14. The molecule has 2 aromatic heterocycles. The van der Waals surface area contributed by atoms with E-state index in [1.165, 1.54) is 11.8 Å². The highest BCUT2D eigenvalue weighted by Crippen LogP contribution is 2.24. The van der Waals surface area contributed by atoms with Crippen molar-refractivity contribution in [3.8, 4) is 5.69 Å². The van der Waals surface area contributed by atoms with E-state index >= 15 is 0 Å². The molecule has 3 aromatic rings. The first-order chi connectivity index (χ1) is 12.1. The van der Waals surface area contributed by atoms with Gasteiger partial charge < -0.3 is 5.32 Å². The van der Waals surface area contributed by atoms with Gasteiger partial charge in [-0.3, -0.25) is 4.79 Å². The molecular formula is C17H19N5OS2. The van der Waals surface area contributed by atoms with Crippen LogP contribution < -0.4 is 5.32 Å². The lowest BCUT2D eigenvalue weighted by Gasteiger charge is -2.12. The standard InChI is InChI=1S/C17H19N5OS2/c1-11-6-4-7-12(2)16(11)22-17(19-20-21-22)25-10-15(23)18-13(3)14-8-5-9-24-14/h4-9,13H,10H2,1-3H3,(H,18,23)/t13-/m0/s1. The molecule has 0 bridgehead atoms. The van der Waals surface area contributed by atoms with Gasteiger partial charge in [0.05, 0.1) is 17.5 Å². The second-order valence-corrected chi connectivity index (χ2v) is 7.63. The van der Waals surface area contributed by atoms with Gasteiger partial charge in [0.2, 0.25) is 11.1 Å². The summed E-state index contributed by atoms with van der Waals surface area (Å²) in [7, 11) is 0. The van der Waals surface area contributed by atoms with E-state index in [2.05, 4.69) is 20.8 Å². The largest absolute Gasteiger partial charge is 0.348 e. The van der Waals surface area contributed by atoms with Gasteiger partial charge in [0.15, 0.2) is 0 Å². The molecule has 6 nitrogen and oxygen atoms in total. The number of carbonyl (C=O) groups is 1. The zero-order valence-electron chi connectivity index (χ0n) is 14.3. The normalized spacial score (nSPS) is 12.1. The number of carbonyl (C=O) groups excluding carboxylic acids is 1. The fraction of sp³-hybridized carbons (Fsp3) is 0.294. The van der Waals surface area contributed by atoms with Crippen molar-refractivity contribution in [3.63, 3.8) is 0 Å². The maximum Gasteiger partial charge on any atom is 0.230 e. The molecular weight excluding hydrogens is 354 g/mol. The molecule has 0 unspecified atom stereocenters. The molecule has 3 rings (SSSR count). The predicted octanol–water partition coefficient (Wildman–Crippen LogP) is 3.31. The maximum atomic E-state index is 12.2. The molecule has 1 aromatic carbocycles. The summed E-state index contributed by atoms with van der Waals surface area (Å²) in [5.74, 6) is 0.225. The Morgan fingerprint density at radius 3 is 2.72 bits per heavy atom. The van der Waals surface area contributed by atoms with Gasteiger partial charge in [-0.25, -0.2) is 0 Å². The molecule has 0 radical (unpaired) electrons. The van der Waals surface area contributed by atoms with Crippen molar-refractivity contribution in [2.75, 3.05) is 5.75 Å². The highest BCUT2D eigenvalue weighted by atomic mass is 32.2. The zero-order valence-corrected chi connectivity index (χ0v) is 15.9. The van der Waals surface area contributed by atoms with Gasteiger partial charge in [0.1, 0.15) is 0 Å². The third kappa shape index (κ3) is 4.08. The first kappa shape index (κ1) is 17.6. The molecule has 1 atom stereocenters. The van der Waals surface area contributed by atoms with Crippen molar-refractivity contribution in [1.82, 2.24) is 25.5 Å². The Bertz CT molecular complexity index is 840. The van der Waals surface area contributed by atoms with E-state index in [0.29, 0.717) is 5.16 Å². The fourth-order valence-electron chi connectivity index (χ4n) is 2.57. The lowest BCUT2D eigenvalue weighted by atomic mass is 10.1. The topological polar surface area (TPSA) is 72.7 Å². The third-order valence-corrected chi connectivity index (χ3v) is 5.75. The number of thiophene rings is 1. The van der Waals surface area contributed by atoms with Crippen LogP contribution in [-0.4, -0.2) is 31.9 Å². The average Bonchev–Trinajstić information content (AvgIpc) is 3.25. The predicted molar refractivity (Wildman–Crippen MR) is 100 cm³/mol. The van der Waals surface area contributed by atoms with Crippen molar-refractivity contribution < 1.29 is 4.79 Å². The van der Waals surface area contributed by atoms with Gasteiger partial charge in [-0.05, 0) is 53.8 Å². The number of aryl methyl sites for hydroxylation is 2. The maximum absolute atomic E-state index is 12.2. The van der Waals surface area contributed by atoms with E-state index in [1.807, 2.05) is 56.5 Å². The summed E-state index contributed by atoms with van der Waals surface area (Å²) in [5, 5.41) is 17.5. The fourth-order valence-corrected chi connectivity index (χ4v) is 3.99. The highest BCUT2D eigenvalue weighted by Gasteiger charge is 2.16. The van der Waals surface area contributed by atoms with Crippen LogP contribution in [0.25, 0.3) is 5.69 Å². The SMILES string of the molecule is Cc1cccc(C)c1-n1nnnc1SCC(=O)N[C@@H](C)c1cccs1. The van der Waals surface area contributed by atoms with Crippen LogP contribution in [-0.2, 0) is 4.79 Å². The molecule has 130 valence electrons. The van der Waals surface area contributed by atoms with Gasteiger partial charge in [-0.2, -0.15) is 4.68 Å². The highest BCUT2D eigenvalue weighted by molar-refractivity contribution is 7.99. The number of hydrogen-bond acceptors (Lipinski definition) is 6. The van der Waals surface area contributed by atoms with Crippen LogP contribution in [0.3, 0.4) is 0 Å². The van der Waals surface area contributed by atoms with Crippen LogP contribution in [0, 0.1) is 13.8 Å². The summed E-state index contributed by atoms with van der Waals surface area (Å²) < 4.78 is 1.70. The van der Waals surface area contributed by atoms with Crippen molar-refractivity contribution >= 4 is 29.0 Å². The number of hydrogen-bond donors (Lipinski definition) is 1. The Labute approximate surface area is 154 Å². The van der Waals surface area contributed by atoms with Gasteiger partial charge in [0.25, 0.3) is 0 Å². The number of nitrogens with one attached hydrogen (secondary N) is 1. The van der Waals surface area contributed by atoms with Crippen molar-refractivity contribution in [3.05, 3.63) is 51.7 Å². The van der Waals surface area contributed by atoms with E-state index in [1.54, 1.807) is 16.0 Å². The van der Waals surface area contributed by atoms with Gasteiger partial charge >= 0.3 is 0 Å². The average molecular weight is 374 g/mol. The van der Waals surface area contributed by atoms with Gasteiger partial charge in [0, 0.05) is 4.88 Å². The van der Waals surface area contributed by atoms with E-state index in [9.17, 15) is 4.79 Å². The lowest BCUT2D eigenvalue weighted by Crippen LogP contribution is -2.27. The van der Waals surface area contributed by atoms with Gasteiger partial charge in [-0.1, -0.05) is 36.0 Å². The molecule has 0 fully saturated rings. The second-order valence-electron chi connectivity index (χ2n) is 5.71. The second kappa shape index (κ2) is 7.79. The molecule has 1 N–H and O–H groups in total. The Hall–Kier alpha value is -2.19. The lowest BCUT2D eigenvalue weighted by molar-refractivity contribution is -0.119. The molecule has 2 heterocycles. The first-order valence-electron chi connectivity index (χ1n) is 7.87. The Balaban J connectivity index is 1.67. The van der Waals surface area contributed by atoms with Crippen molar-refractivity contribution in [1.29, 1.82) is 0 Å². The minimum Gasteiger partial charge on any atom is -0.348 e. The number of nitrogens with zero attached hydrogens (tertiary/aromatic N) is 4. The van der Waals surface area contributed by atoms with Crippen molar-refractivity contribution in [2.24, 2.45) is 0 Å². The van der Waals surface area contributed by atoms with Crippen LogP contribution in [0.1, 0.15) is 29.0 Å². The number of thioether (sulfide) groups is 1. The molecule has 8 heteroatoms. The molecule has 0 spiro atoms. The van der Waals surface area contributed by atoms with Crippen LogP contribution in [0.2, 0.25) is 0 Å². The Morgan fingerprint density at radius 1 is 1.28 bits per heavy atom. The molecule has 0 aliphatic carbocycles. The molecule has 0 saturated carbocycles. The van der Waals surface area contributed by atoms with E-state index in [-0.39, 0.29) is 17.7 Å². The molecule has 0 saturated heterocycles. The smallest absolute Gasteiger partial charge is 0.230 e. The number of aromatic nitrogens is 4. The summed E-state index contributed by atoms with van der Waals surface area (Å²) in [4.78, 5) is 13.4. The Morgan fingerprint density at radius 2 is 2.04 bits per heavy atom. The minimum atomic E-state index is -0.0399. The Kier molecular flexibility index (Phi) is 5.50. The van der Waals surface area contributed by atoms with Crippen LogP contribution >= 0.6 is 23.1 Å². The number of para-hydroxylation sites is 1. The number of tetrazole rings is 1. The van der Waals surface area contributed by atoms with Crippen LogP contribution in [0.15, 0.2) is 40.9 Å². The molecule has 0 aliphatic heterocycles. The van der Waals surface area contributed by atoms with Gasteiger partial charge in [-0.15, -0.1) is 16.4 Å². The van der Waals surface area contributed by atoms with E-state index in [4.69, 9.17) is 0 Å². The van der Waals surface area contributed by atoms with E-state index in [0.717, 1.165) is 21.7 Å². The molecule has 0 aliphatic rings. The monoisotopic (exact) mass is 373 g/mol. The summed E-state index contributed by atoms with van der Waals surface area (Å²) in [6.45, 7) is 6.02. The summed E-state index contributed by atoms with van der Waals surface area (Å²) in [6.07, 6.45) is 0.